The van der Waals surface area contributed by atoms with Gasteiger partial charge in [0.2, 0.25) is 0 Å². The van der Waals surface area contributed by atoms with Crippen molar-refractivity contribution in [3.63, 3.8) is 0 Å². The predicted molar refractivity (Wildman–Crippen MR) is 104 cm³/mol. The largest absolute Gasteiger partial charge is 0.0654 e. The van der Waals surface area contributed by atoms with E-state index in [0.717, 1.165) is 17.3 Å². The maximum atomic E-state index is 2.32. The summed E-state index contributed by atoms with van der Waals surface area (Å²) >= 11 is 0. The minimum atomic E-state index is 0.818. The minimum absolute atomic E-state index is 0.818. The van der Waals surface area contributed by atoms with Crippen LogP contribution in [0, 0.1) is 17.3 Å². The molecule has 2 rings (SSSR count). The molecule has 0 aromatic rings. The second-order valence-corrected chi connectivity index (χ2v) is 8.98. The zero-order valence-electron chi connectivity index (χ0n) is 16.4. The molecule has 3 unspecified atom stereocenters. The third-order valence-electron chi connectivity index (χ3n) is 7.16. The molecule has 0 heteroatoms. The van der Waals surface area contributed by atoms with Gasteiger partial charge in [0.1, 0.15) is 0 Å². The number of hydrogen-bond donors (Lipinski definition) is 0. The van der Waals surface area contributed by atoms with Crippen LogP contribution in [0.2, 0.25) is 0 Å². The molecule has 136 valence electrons. The van der Waals surface area contributed by atoms with Gasteiger partial charge in [-0.3, -0.25) is 0 Å². The van der Waals surface area contributed by atoms with Gasteiger partial charge in [-0.2, -0.15) is 0 Å². The molecule has 2 bridgehead atoms. The van der Waals surface area contributed by atoms with Gasteiger partial charge < -0.3 is 0 Å². The summed E-state index contributed by atoms with van der Waals surface area (Å²) in [5, 5.41) is 0. The molecule has 0 amide bonds. The van der Waals surface area contributed by atoms with Crippen LogP contribution in [0.25, 0.3) is 0 Å². The summed E-state index contributed by atoms with van der Waals surface area (Å²) in [4.78, 5) is 0. The van der Waals surface area contributed by atoms with Gasteiger partial charge >= 0.3 is 0 Å². The summed E-state index contributed by atoms with van der Waals surface area (Å²) in [6.07, 6.45) is 27.2. The van der Waals surface area contributed by atoms with Crippen LogP contribution in [0.5, 0.6) is 0 Å². The Kier molecular flexibility index (Phi) is 9.06. The second-order valence-electron chi connectivity index (χ2n) is 8.98. The highest BCUT2D eigenvalue weighted by atomic mass is 14.5. The van der Waals surface area contributed by atoms with Gasteiger partial charge in [0.25, 0.3) is 0 Å². The molecule has 0 radical (unpaired) electrons. The average molecular weight is 321 g/mol. The SMILES string of the molecule is CCCCCCCCC1CC2CCC1(CCCCCCCC)C2. The lowest BCUT2D eigenvalue weighted by Crippen LogP contribution is -2.25. The van der Waals surface area contributed by atoms with Gasteiger partial charge in [-0.05, 0) is 55.8 Å². The lowest BCUT2D eigenvalue weighted by Gasteiger charge is -2.36. The van der Waals surface area contributed by atoms with Crippen LogP contribution in [0.1, 0.15) is 129 Å². The van der Waals surface area contributed by atoms with Crippen molar-refractivity contribution in [1.82, 2.24) is 0 Å². The van der Waals surface area contributed by atoms with E-state index in [-0.39, 0.29) is 0 Å². The first-order valence-electron chi connectivity index (χ1n) is 11.3. The van der Waals surface area contributed by atoms with Crippen molar-refractivity contribution < 1.29 is 0 Å². The van der Waals surface area contributed by atoms with E-state index in [9.17, 15) is 0 Å². The molecule has 0 spiro atoms. The Hall–Kier alpha value is 0. The fourth-order valence-corrected chi connectivity index (χ4v) is 5.78. The summed E-state index contributed by atoms with van der Waals surface area (Å²) in [6.45, 7) is 4.64. The quantitative estimate of drug-likeness (QED) is 0.282. The molecular formula is C23H44. The fourth-order valence-electron chi connectivity index (χ4n) is 5.78. The van der Waals surface area contributed by atoms with Crippen LogP contribution < -0.4 is 0 Å². The van der Waals surface area contributed by atoms with Crippen molar-refractivity contribution in [2.45, 2.75) is 129 Å². The van der Waals surface area contributed by atoms with Crippen LogP contribution in [0.4, 0.5) is 0 Å². The normalized spacial score (nSPS) is 29.5. The van der Waals surface area contributed by atoms with Crippen molar-refractivity contribution in [2.75, 3.05) is 0 Å². The number of fused-ring (bicyclic) bond motifs is 2. The highest BCUT2D eigenvalue weighted by Crippen LogP contribution is 2.61. The Morgan fingerprint density at radius 2 is 1.35 bits per heavy atom. The molecule has 0 N–H and O–H groups in total. The standard InChI is InChI=1S/C23H44/c1-3-5-7-9-11-13-15-22-19-21-16-18-23(22,20-21)17-14-12-10-8-6-4-2/h21-22H,3-20H2,1-2H3. The maximum absolute atomic E-state index is 2.32. The predicted octanol–water partition coefficient (Wildman–Crippen LogP) is 8.29. The monoisotopic (exact) mass is 320 g/mol. The summed E-state index contributed by atoms with van der Waals surface area (Å²) in [5.74, 6) is 2.24. The zero-order valence-corrected chi connectivity index (χ0v) is 16.4. The maximum Gasteiger partial charge on any atom is -0.0266 e. The number of unbranched alkanes of at least 4 members (excludes halogenated alkanes) is 10. The molecule has 0 heterocycles. The lowest BCUT2D eigenvalue weighted by molar-refractivity contribution is 0.150. The van der Waals surface area contributed by atoms with Crippen LogP contribution in [0.15, 0.2) is 0 Å². The van der Waals surface area contributed by atoms with Crippen LogP contribution in [-0.2, 0) is 0 Å². The van der Waals surface area contributed by atoms with Crippen molar-refractivity contribution in [2.24, 2.45) is 17.3 Å². The van der Waals surface area contributed by atoms with E-state index >= 15 is 0 Å². The molecule has 2 aliphatic carbocycles. The van der Waals surface area contributed by atoms with E-state index in [1.807, 2.05) is 0 Å². The van der Waals surface area contributed by atoms with Crippen LogP contribution in [-0.4, -0.2) is 0 Å². The molecular weight excluding hydrogens is 276 g/mol. The summed E-state index contributed by atoms with van der Waals surface area (Å²) in [7, 11) is 0. The Bertz CT molecular complexity index is 294. The molecule has 3 atom stereocenters. The van der Waals surface area contributed by atoms with Gasteiger partial charge in [0.15, 0.2) is 0 Å². The van der Waals surface area contributed by atoms with Crippen LogP contribution in [0.3, 0.4) is 0 Å². The molecule has 0 aromatic carbocycles. The van der Waals surface area contributed by atoms with E-state index in [4.69, 9.17) is 0 Å². The first-order chi connectivity index (χ1) is 11.3. The fraction of sp³-hybridized carbons (Fsp3) is 1.00. The molecule has 2 aliphatic rings. The van der Waals surface area contributed by atoms with Gasteiger partial charge in [0, 0.05) is 0 Å². The first-order valence-corrected chi connectivity index (χ1v) is 11.3. The number of rotatable bonds is 14. The first kappa shape index (κ1) is 19.3. The van der Waals surface area contributed by atoms with Gasteiger partial charge in [0.05, 0.1) is 0 Å². The van der Waals surface area contributed by atoms with E-state index < -0.39 is 0 Å². The topological polar surface area (TPSA) is 0 Å². The van der Waals surface area contributed by atoms with Gasteiger partial charge in [-0.25, -0.2) is 0 Å². The van der Waals surface area contributed by atoms with Crippen molar-refractivity contribution in [3.8, 4) is 0 Å². The number of hydrogen-bond acceptors (Lipinski definition) is 0. The highest BCUT2D eigenvalue weighted by molar-refractivity contribution is 5.01. The Morgan fingerprint density at radius 1 is 0.739 bits per heavy atom. The minimum Gasteiger partial charge on any atom is -0.0654 e. The van der Waals surface area contributed by atoms with Crippen molar-refractivity contribution in [3.05, 3.63) is 0 Å². The summed E-state index contributed by atoms with van der Waals surface area (Å²) in [5.41, 5.74) is 0.818. The molecule has 0 saturated heterocycles. The summed E-state index contributed by atoms with van der Waals surface area (Å²) in [6, 6.07) is 0. The lowest BCUT2D eigenvalue weighted by atomic mass is 9.69. The molecule has 2 saturated carbocycles. The van der Waals surface area contributed by atoms with Gasteiger partial charge in [-0.15, -0.1) is 0 Å². The Balaban J connectivity index is 1.62. The van der Waals surface area contributed by atoms with E-state index in [1.54, 1.807) is 38.5 Å². The molecule has 0 nitrogen and oxygen atoms in total. The van der Waals surface area contributed by atoms with Crippen molar-refractivity contribution in [1.29, 1.82) is 0 Å². The third kappa shape index (κ3) is 6.09. The molecule has 23 heavy (non-hydrogen) atoms. The smallest absolute Gasteiger partial charge is 0.0266 e. The van der Waals surface area contributed by atoms with Gasteiger partial charge in [-0.1, -0.05) is 90.9 Å². The molecule has 0 aliphatic heterocycles. The summed E-state index contributed by atoms with van der Waals surface area (Å²) < 4.78 is 0. The average Bonchev–Trinajstić information content (AvgIpc) is 3.12. The van der Waals surface area contributed by atoms with E-state index in [1.165, 1.54) is 77.0 Å². The molecule has 2 fully saturated rings. The van der Waals surface area contributed by atoms with E-state index in [0.29, 0.717) is 0 Å². The Morgan fingerprint density at radius 3 is 2.00 bits per heavy atom. The van der Waals surface area contributed by atoms with E-state index in [2.05, 4.69) is 13.8 Å². The van der Waals surface area contributed by atoms with Crippen LogP contribution >= 0.6 is 0 Å². The third-order valence-corrected chi connectivity index (χ3v) is 7.16. The Labute approximate surface area is 147 Å². The van der Waals surface area contributed by atoms with Crippen molar-refractivity contribution >= 4 is 0 Å². The second kappa shape index (κ2) is 10.8. The molecule has 0 aromatic heterocycles. The zero-order chi connectivity index (χ0) is 16.4. The highest BCUT2D eigenvalue weighted by Gasteiger charge is 2.50.